The lowest BCUT2D eigenvalue weighted by Crippen LogP contribution is -2.43. The quantitative estimate of drug-likeness (QED) is 0.573. The number of rotatable bonds is 6. The molecule has 3 aromatic rings. The molecule has 8 nitrogen and oxygen atoms in total. The summed E-state index contributed by atoms with van der Waals surface area (Å²) in [6.07, 6.45) is 2.93. The first-order valence-electron chi connectivity index (χ1n) is 12.4. The van der Waals surface area contributed by atoms with Gasteiger partial charge < -0.3 is 24.3 Å². The zero-order valence-corrected chi connectivity index (χ0v) is 20.8. The Balaban J connectivity index is 1.15. The van der Waals surface area contributed by atoms with Crippen LogP contribution in [0.5, 0.6) is 5.75 Å². The number of hydrogen-bond acceptors (Lipinski definition) is 5. The molecule has 8 heteroatoms. The molecule has 188 valence electrons. The zero-order chi connectivity index (χ0) is 25.1. The number of methoxy groups -OCH3 is 1. The van der Waals surface area contributed by atoms with Crippen molar-refractivity contribution in [3.05, 3.63) is 82.9 Å². The van der Waals surface area contributed by atoms with E-state index in [2.05, 4.69) is 16.4 Å². The highest BCUT2D eigenvalue weighted by Crippen LogP contribution is 2.30. The number of fused-ring (bicyclic) bond motifs is 1. The third kappa shape index (κ3) is 5.14. The first-order valence-corrected chi connectivity index (χ1v) is 12.4. The third-order valence-electron chi connectivity index (χ3n) is 7.12. The molecule has 0 radical (unpaired) electrons. The fraction of sp³-hybridized carbons (Fsp3) is 0.393. The van der Waals surface area contributed by atoms with Crippen LogP contribution in [-0.2, 0) is 29.2 Å². The zero-order valence-electron chi connectivity index (χ0n) is 20.8. The number of carbonyl (C=O) groups excluding carboxylic acids is 2. The summed E-state index contributed by atoms with van der Waals surface area (Å²) in [6.45, 7) is 4.59. The van der Waals surface area contributed by atoms with Crippen molar-refractivity contribution in [1.82, 2.24) is 19.8 Å². The van der Waals surface area contributed by atoms with Crippen LogP contribution in [0.3, 0.4) is 0 Å². The van der Waals surface area contributed by atoms with E-state index in [0.29, 0.717) is 51.3 Å². The van der Waals surface area contributed by atoms with Crippen molar-refractivity contribution in [2.45, 2.75) is 45.6 Å². The second-order valence-electron chi connectivity index (χ2n) is 9.54. The van der Waals surface area contributed by atoms with E-state index in [4.69, 9.17) is 9.47 Å². The lowest BCUT2D eigenvalue weighted by atomic mass is 9.95. The molecule has 1 atom stereocenters. The maximum atomic E-state index is 13.3. The molecular formula is C28H32N4O4. The summed E-state index contributed by atoms with van der Waals surface area (Å²) in [6, 6.07) is 16.0. The smallest absolute Gasteiger partial charge is 0.274 e. The number of carbonyl (C=O) groups is 2. The Morgan fingerprint density at radius 1 is 1.14 bits per heavy atom. The molecule has 2 aliphatic rings. The maximum Gasteiger partial charge on any atom is 0.274 e. The fourth-order valence-corrected chi connectivity index (χ4v) is 4.98. The summed E-state index contributed by atoms with van der Waals surface area (Å²) in [4.78, 5) is 32.2. The largest absolute Gasteiger partial charge is 0.497 e. The van der Waals surface area contributed by atoms with Crippen molar-refractivity contribution in [3.8, 4) is 5.75 Å². The van der Waals surface area contributed by atoms with Gasteiger partial charge in [-0.15, -0.1) is 0 Å². The van der Waals surface area contributed by atoms with Crippen molar-refractivity contribution < 1.29 is 19.1 Å². The second-order valence-corrected chi connectivity index (χ2v) is 9.54. The summed E-state index contributed by atoms with van der Waals surface area (Å²) in [5, 5.41) is 3.05. The molecule has 5 rings (SSSR count). The van der Waals surface area contributed by atoms with Crippen LogP contribution in [0.25, 0.3) is 0 Å². The Labute approximate surface area is 211 Å². The van der Waals surface area contributed by atoms with Gasteiger partial charge in [-0.3, -0.25) is 9.59 Å². The Morgan fingerprint density at radius 3 is 2.64 bits per heavy atom. The van der Waals surface area contributed by atoms with Gasteiger partial charge in [0, 0.05) is 25.6 Å². The number of amides is 2. The van der Waals surface area contributed by atoms with Gasteiger partial charge in [-0.2, -0.15) is 0 Å². The van der Waals surface area contributed by atoms with Gasteiger partial charge in [0.1, 0.15) is 11.9 Å². The minimum atomic E-state index is -0.102. The lowest BCUT2D eigenvalue weighted by Gasteiger charge is -2.31. The molecule has 0 bridgehead atoms. The summed E-state index contributed by atoms with van der Waals surface area (Å²) in [5.74, 6) is 0.691. The van der Waals surface area contributed by atoms with E-state index in [1.165, 1.54) is 5.56 Å². The van der Waals surface area contributed by atoms with E-state index < -0.39 is 0 Å². The highest BCUT2D eigenvalue weighted by atomic mass is 16.5. The topological polar surface area (TPSA) is 85.7 Å². The van der Waals surface area contributed by atoms with Gasteiger partial charge in [0.25, 0.3) is 5.91 Å². The minimum Gasteiger partial charge on any atom is -0.497 e. The van der Waals surface area contributed by atoms with Crippen LogP contribution < -0.4 is 10.1 Å². The highest BCUT2D eigenvalue weighted by Gasteiger charge is 2.32. The van der Waals surface area contributed by atoms with Crippen LogP contribution in [0.4, 0.5) is 0 Å². The van der Waals surface area contributed by atoms with Gasteiger partial charge in [-0.05, 0) is 43.0 Å². The van der Waals surface area contributed by atoms with Crippen molar-refractivity contribution >= 4 is 11.8 Å². The number of ether oxygens (including phenoxy) is 2. The van der Waals surface area contributed by atoms with Crippen LogP contribution in [-0.4, -0.2) is 46.5 Å². The van der Waals surface area contributed by atoms with Gasteiger partial charge in [0.05, 0.1) is 32.3 Å². The molecule has 1 saturated heterocycles. The van der Waals surface area contributed by atoms with Crippen LogP contribution in [0.2, 0.25) is 0 Å². The molecule has 1 fully saturated rings. The number of aromatic nitrogens is 2. The molecule has 1 aromatic heterocycles. The molecule has 36 heavy (non-hydrogen) atoms. The van der Waals surface area contributed by atoms with E-state index in [1.54, 1.807) is 13.4 Å². The Kier molecular flexibility index (Phi) is 7.04. The first kappa shape index (κ1) is 24.1. The molecule has 3 heterocycles. The van der Waals surface area contributed by atoms with Gasteiger partial charge in [0.2, 0.25) is 5.91 Å². The number of piperidine rings is 1. The molecule has 2 aliphatic heterocycles. The van der Waals surface area contributed by atoms with Gasteiger partial charge in [0.15, 0.2) is 5.69 Å². The normalized spacial score (nSPS) is 17.9. The predicted molar refractivity (Wildman–Crippen MR) is 134 cm³/mol. The molecule has 0 spiro atoms. The molecule has 2 amide bonds. The van der Waals surface area contributed by atoms with E-state index in [-0.39, 0.29) is 23.8 Å². The second kappa shape index (κ2) is 10.5. The van der Waals surface area contributed by atoms with Crippen molar-refractivity contribution in [3.63, 3.8) is 0 Å². The third-order valence-corrected chi connectivity index (χ3v) is 7.12. The summed E-state index contributed by atoms with van der Waals surface area (Å²) in [5.41, 5.74) is 4.59. The predicted octanol–water partition coefficient (Wildman–Crippen LogP) is 3.64. The Hall–Kier alpha value is -3.65. The van der Waals surface area contributed by atoms with E-state index in [0.717, 1.165) is 22.6 Å². The van der Waals surface area contributed by atoms with Gasteiger partial charge >= 0.3 is 0 Å². The lowest BCUT2D eigenvalue weighted by molar-refractivity contribution is -0.126. The number of imidazole rings is 1. The summed E-state index contributed by atoms with van der Waals surface area (Å²) < 4.78 is 13.3. The van der Waals surface area contributed by atoms with Crippen LogP contribution in [0, 0.1) is 12.8 Å². The standard InChI is InChI=1S/C28H32N4O4/c1-19-4-3-5-20(14-19)15-29-27(33)22-10-12-31(13-11-22)28(34)26-24-17-36-25(16-32(24)18-30-26)21-6-8-23(35-2)9-7-21/h3-9,14,18,22,25H,10-13,15-17H2,1-2H3,(H,29,33)/t25-/m1/s1. The average molecular weight is 489 g/mol. The van der Waals surface area contributed by atoms with Gasteiger partial charge in [-0.25, -0.2) is 4.98 Å². The first-order chi connectivity index (χ1) is 17.5. The van der Waals surface area contributed by atoms with Crippen LogP contribution in [0.1, 0.15) is 51.8 Å². The SMILES string of the molecule is COc1ccc([C@H]2Cn3cnc(C(=O)N4CCC(C(=O)NCc5cccc(C)c5)CC4)c3CO2)cc1. The molecule has 0 saturated carbocycles. The number of aryl methyl sites for hydroxylation is 1. The van der Waals surface area contributed by atoms with E-state index >= 15 is 0 Å². The number of benzene rings is 2. The number of nitrogens with one attached hydrogen (secondary N) is 1. The summed E-state index contributed by atoms with van der Waals surface area (Å²) in [7, 11) is 1.65. The highest BCUT2D eigenvalue weighted by molar-refractivity contribution is 5.93. The van der Waals surface area contributed by atoms with E-state index in [9.17, 15) is 9.59 Å². The molecule has 0 aliphatic carbocycles. The molecule has 1 N–H and O–H groups in total. The van der Waals surface area contributed by atoms with E-state index in [1.807, 2.05) is 58.9 Å². The van der Waals surface area contributed by atoms with Gasteiger partial charge in [-0.1, -0.05) is 42.0 Å². The Bertz CT molecular complexity index is 1230. The maximum absolute atomic E-state index is 13.3. The number of nitrogens with zero attached hydrogens (tertiary/aromatic N) is 3. The van der Waals surface area contributed by atoms with Crippen molar-refractivity contribution in [2.75, 3.05) is 20.2 Å². The molecule has 0 unspecified atom stereocenters. The van der Waals surface area contributed by atoms with Crippen LogP contribution in [0.15, 0.2) is 54.9 Å². The molecule has 2 aromatic carbocycles. The summed E-state index contributed by atoms with van der Waals surface area (Å²) >= 11 is 0. The Morgan fingerprint density at radius 2 is 1.92 bits per heavy atom. The monoisotopic (exact) mass is 488 g/mol. The fourth-order valence-electron chi connectivity index (χ4n) is 4.98. The van der Waals surface area contributed by atoms with Crippen molar-refractivity contribution in [1.29, 1.82) is 0 Å². The number of likely N-dealkylation sites (tertiary alicyclic amines) is 1. The number of hydrogen-bond donors (Lipinski definition) is 1. The van der Waals surface area contributed by atoms with Crippen LogP contribution >= 0.6 is 0 Å². The minimum absolute atomic E-state index is 0.0564. The van der Waals surface area contributed by atoms with Crippen molar-refractivity contribution in [2.24, 2.45) is 5.92 Å². The average Bonchev–Trinajstić information content (AvgIpc) is 3.35. The molecular weight excluding hydrogens is 456 g/mol.